The second-order valence-corrected chi connectivity index (χ2v) is 9.60. The van der Waals surface area contributed by atoms with Gasteiger partial charge >= 0.3 is 0 Å². The van der Waals surface area contributed by atoms with Crippen molar-refractivity contribution in [3.05, 3.63) is 112 Å². The molecule has 0 unspecified atom stereocenters. The van der Waals surface area contributed by atoms with Gasteiger partial charge in [-0.05, 0) is 92.2 Å². The summed E-state index contributed by atoms with van der Waals surface area (Å²) in [4.78, 5) is 0. The molecule has 0 saturated heterocycles. The third kappa shape index (κ3) is 4.48. The molecule has 0 saturated carbocycles. The summed E-state index contributed by atoms with van der Waals surface area (Å²) in [6, 6.07) is 8.97. The number of halogens is 2. The zero-order valence-corrected chi connectivity index (χ0v) is 21.4. The molecule has 4 rings (SSSR count). The molecular weight excluding hydrogens is 436 g/mol. The number of aryl methyl sites for hydroxylation is 2. The van der Waals surface area contributed by atoms with Gasteiger partial charge in [0.2, 0.25) is 0 Å². The molecule has 0 spiro atoms. The standard InChI is InChI=1S/C32H33F2N/c1-8-24-13-14-29-27(16-24)31(26-12-10-9-11-20(26)4)32(19(2)3)35(29)18-22(6)23(7)30-21(5)15-25(33)17-28(30)34/h9-10,12-17H,2,4,8,11,18H2,1,3,5-7H3/b23-22+. The van der Waals surface area contributed by atoms with E-state index in [0.717, 1.165) is 63.5 Å². The number of rotatable bonds is 6. The molecule has 0 bridgehead atoms. The Kier molecular flexibility index (Phi) is 6.80. The summed E-state index contributed by atoms with van der Waals surface area (Å²) < 4.78 is 30.8. The highest BCUT2D eigenvalue weighted by molar-refractivity contribution is 6.03. The molecule has 1 aliphatic carbocycles. The zero-order chi connectivity index (χ0) is 25.4. The minimum atomic E-state index is -0.554. The fourth-order valence-electron chi connectivity index (χ4n) is 5.11. The van der Waals surface area contributed by atoms with E-state index in [1.165, 1.54) is 17.0 Å². The van der Waals surface area contributed by atoms with Gasteiger partial charge in [0.25, 0.3) is 0 Å². The number of fused-ring (bicyclic) bond motifs is 1. The lowest BCUT2D eigenvalue weighted by Crippen LogP contribution is -2.07. The summed E-state index contributed by atoms with van der Waals surface area (Å²) in [6.45, 7) is 19.1. The summed E-state index contributed by atoms with van der Waals surface area (Å²) in [6.07, 6.45) is 8.13. The first-order valence-corrected chi connectivity index (χ1v) is 12.1. The van der Waals surface area contributed by atoms with Gasteiger partial charge < -0.3 is 4.57 Å². The molecule has 0 N–H and O–H groups in total. The van der Waals surface area contributed by atoms with Crippen LogP contribution in [0.2, 0.25) is 0 Å². The second-order valence-electron chi connectivity index (χ2n) is 9.60. The van der Waals surface area contributed by atoms with Crippen LogP contribution in [0.5, 0.6) is 0 Å². The Morgan fingerprint density at radius 2 is 1.83 bits per heavy atom. The summed E-state index contributed by atoms with van der Waals surface area (Å²) in [7, 11) is 0. The van der Waals surface area contributed by atoms with Gasteiger partial charge in [-0.15, -0.1) is 0 Å². The molecule has 0 atom stereocenters. The first kappa shape index (κ1) is 24.7. The SMILES string of the molecule is C=C1CC=CC=C1c1c(C(=C)C)n(C/C(C)=C(\C)c2c(C)cc(F)cc2F)c2ccc(CC)cc12. The largest absolute Gasteiger partial charge is 0.336 e. The van der Waals surface area contributed by atoms with Crippen LogP contribution in [0.3, 0.4) is 0 Å². The summed E-state index contributed by atoms with van der Waals surface area (Å²) in [5, 5.41) is 1.18. The maximum atomic E-state index is 14.8. The van der Waals surface area contributed by atoms with Crippen LogP contribution >= 0.6 is 0 Å². The van der Waals surface area contributed by atoms with E-state index in [0.29, 0.717) is 17.7 Å². The topological polar surface area (TPSA) is 4.93 Å². The van der Waals surface area contributed by atoms with E-state index >= 15 is 0 Å². The van der Waals surface area contributed by atoms with Crippen molar-refractivity contribution in [1.29, 1.82) is 0 Å². The third-order valence-corrected chi connectivity index (χ3v) is 7.02. The van der Waals surface area contributed by atoms with Crippen LogP contribution in [0, 0.1) is 18.6 Å². The average molecular weight is 470 g/mol. The van der Waals surface area contributed by atoms with Crippen LogP contribution in [0.1, 0.15) is 62.1 Å². The van der Waals surface area contributed by atoms with Crippen LogP contribution < -0.4 is 0 Å². The highest BCUT2D eigenvalue weighted by Gasteiger charge is 2.23. The Labute approximate surface area is 207 Å². The van der Waals surface area contributed by atoms with E-state index in [2.05, 4.69) is 61.1 Å². The molecule has 1 heterocycles. The van der Waals surface area contributed by atoms with E-state index in [9.17, 15) is 8.78 Å². The predicted octanol–water partition coefficient (Wildman–Crippen LogP) is 9.22. The molecule has 1 aromatic heterocycles. The van der Waals surface area contributed by atoms with Crippen molar-refractivity contribution in [2.24, 2.45) is 0 Å². The summed E-state index contributed by atoms with van der Waals surface area (Å²) in [5.41, 5.74) is 10.7. The molecule has 3 aromatic rings. The van der Waals surface area contributed by atoms with Gasteiger partial charge in [-0.25, -0.2) is 8.78 Å². The Morgan fingerprint density at radius 3 is 2.46 bits per heavy atom. The molecule has 35 heavy (non-hydrogen) atoms. The lowest BCUT2D eigenvalue weighted by molar-refractivity contribution is 0.578. The Morgan fingerprint density at radius 1 is 1.09 bits per heavy atom. The van der Waals surface area contributed by atoms with Gasteiger partial charge in [0, 0.05) is 34.6 Å². The van der Waals surface area contributed by atoms with Gasteiger partial charge in [0.15, 0.2) is 0 Å². The van der Waals surface area contributed by atoms with Crippen LogP contribution in [0.25, 0.3) is 27.6 Å². The van der Waals surface area contributed by atoms with E-state index < -0.39 is 11.6 Å². The average Bonchev–Trinajstić information content (AvgIpc) is 3.11. The number of aromatic nitrogens is 1. The van der Waals surface area contributed by atoms with Gasteiger partial charge in [0.05, 0.1) is 5.69 Å². The van der Waals surface area contributed by atoms with E-state index in [4.69, 9.17) is 0 Å². The maximum Gasteiger partial charge on any atom is 0.133 e. The van der Waals surface area contributed by atoms with Gasteiger partial charge in [0.1, 0.15) is 11.6 Å². The Bertz CT molecular complexity index is 1430. The van der Waals surface area contributed by atoms with Crippen molar-refractivity contribution >= 4 is 27.6 Å². The highest BCUT2D eigenvalue weighted by Crippen LogP contribution is 2.41. The number of benzene rings is 2. The molecule has 0 aliphatic heterocycles. The maximum absolute atomic E-state index is 14.8. The van der Waals surface area contributed by atoms with Crippen molar-refractivity contribution in [3.8, 4) is 0 Å². The Balaban J connectivity index is 1.98. The van der Waals surface area contributed by atoms with Gasteiger partial charge in [-0.3, -0.25) is 0 Å². The van der Waals surface area contributed by atoms with Crippen molar-refractivity contribution < 1.29 is 8.78 Å². The van der Waals surface area contributed by atoms with Crippen LogP contribution in [-0.2, 0) is 13.0 Å². The van der Waals surface area contributed by atoms with E-state index in [1.54, 1.807) is 6.92 Å². The lowest BCUT2D eigenvalue weighted by atomic mass is 9.89. The van der Waals surface area contributed by atoms with Crippen molar-refractivity contribution in [3.63, 3.8) is 0 Å². The summed E-state index contributed by atoms with van der Waals surface area (Å²) in [5.74, 6) is -1.08. The molecule has 1 nitrogen and oxygen atoms in total. The van der Waals surface area contributed by atoms with Crippen LogP contribution in [-0.4, -0.2) is 4.57 Å². The highest BCUT2D eigenvalue weighted by atomic mass is 19.1. The fraction of sp³-hybridized carbons (Fsp3) is 0.250. The molecule has 0 radical (unpaired) electrons. The van der Waals surface area contributed by atoms with Crippen molar-refractivity contribution in [1.82, 2.24) is 4.57 Å². The molecule has 0 fully saturated rings. The van der Waals surface area contributed by atoms with Crippen molar-refractivity contribution in [2.75, 3.05) is 0 Å². The zero-order valence-electron chi connectivity index (χ0n) is 21.4. The molecule has 1 aliphatic rings. The smallest absolute Gasteiger partial charge is 0.133 e. The normalized spacial score (nSPS) is 14.4. The quantitative estimate of drug-likeness (QED) is 0.339. The molecule has 0 amide bonds. The summed E-state index contributed by atoms with van der Waals surface area (Å²) >= 11 is 0. The van der Waals surface area contributed by atoms with E-state index in [-0.39, 0.29) is 0 Å². The number of hydrogen-bond donors (Lipinski definition) is 0. The first-order valence-electron chi connectivity index (χ1n) is 12.1. The number of nitrogens with zero attached hydrogens (tertiary/aromatic N) is 1. The molecule has 180 valence electrons. The molecule has 3 heteroatoms. The lowest BCUT2D eigenvalue weighted by Gasteiger charge is -2.18. The Hall–Kier alpha value is -3.46. The molecular formula is C32H33F2N. The minimum absolute atomic E-state index is 0.472. The number of hydrogen-bond acceptors (Lipinski definition) is 0. The first-order chi connectivity index (χ1) is 16.6. The van der Waals surface area contributed by atoms with Gasteiger partial charge in [-0.1, -0.05) is 49.9 Å². The van der Waals surface area contributed by atoms with Crippen LogP contribution in [0.15, 0.2) is 72.9 Å². The van der Waals surface area contributed by atoms with E-state index in [1.807, 2.05) is 20.8 Å². The monoisotopic (exact) mass is 469 g/mol. The van der Waals surface area contributed by atoms with Gasteiger partial charge in [-0.2, -0.15) is 0 Å². The minimum Gasteiger partial charge on any atom is -0.336 e. The fourth-order valence-corrected chi connectivity index (χ4v) is 5.11. The number of allylic oxidation sites excluding steroid dienone is 8. The third-order valence-electron chi connectivity index (χ3n) is 7.02. The van der Waals surface area contributed by atoms with Crippen LogP contribution in [0.4, 0.5) is 8.78 Å². The second kappa shape index (κ2) is 9.65. The molecule has 2 aromatic carbocycles. The van der Waals surface area contributed by atoms with Crippen molar-refractivity contribution in [2.45, 2.75) is 54.0 Å². The predicted molar refractivity (Wildman–Crippen MR) is 146 cm³/mol.